The Hall–Kier alpha value is -2.24. The quantitative estimate of drug-likeness (QED) is 0.639. The number of nitrogen functional groups attached to an aromatic ring is 1. The summed E-state index contributed by atoms with van der Waals surface area (Å²) in [5, 5.41) is 4.36. The van der Waals surface area contributed by atoms with Crippen LogP contribution in [0.1, 0.15) is 6.92 Å². The topological polar surface area (TPSA) is 87.6 Å². The molecule has 2 rings (SSSR count). The number of esters is 1. The molecule has 0 spiro atoms. The fourth-order valence-corrected chi connectivity index (χ4v) is 1.40. The molecule has 0 saturated carbocycles. The molecule has 0 amide bonds. The maximum Gasteiger partial charge on any atom is 0.346 e. The molecule has 0 aliphatic rings. The number of nitrogens with two attached hydrogens (primary N) is 1. The van der Waals surface area contributed by atoms with Gasteiger partial charge in [0.2, 0.25) is 0 Å². The number of fused-ring (bicyclic) bond motifs is 1. The largest absolute Gasteiger partial charge is 0.466 e. The van der Waals surface area contributed by atoms with Crippen molar-refractivity contribution in [2.75, 3.05) is 12.8 Å². The smallest absolute Gasteiger partial charge is 0.346 e. The molecule has 0 bridgehead atoms. The zero-order valence-electron chi connectivity index (χ0n) is 9.47. The first-order valence-corrected chi connectivity index (χ1v) is 5.01. The summed E-state index contributed by atoms with van der Waals surface area (Å²) in [6.45, 7) is 1.57. The van der Waals surface area contributed by atoms with Crippen LogP contribution in [0, 0.1) is 0 Å². The first-order chi connectivity index (χ1) is 8.11. The second kappa shape index (κ2) is 4.32. The molecule has 2 aromatic rings. The van der Waals surface area contributed by atoms with Crippen molar-refractivity contribution >= 4 is 22.6 Å². The van der Waals surface area contributed by atoms with Crippen molar-refractivity contribution < 1.29 is 18.8 Å². The predicted molar refractivity (Wildman–Crippen MR) is 60.5 cm³/mol. The number of carbonyl (C=O) groups excluding carboxylic acids is 1. The molecule has 1 unspecified atom stereocenters. The fourth-order valence-electron chi connectivity index (χ4n) is 1.40. The lowest BCUT2D eigenvalue weighted by Gasteiger charge is -2.09. The molecule has 6 heteroatoms. The van der Waals surface area contributed by atoms with Gasteiger partial charge in [-0.2, -0.15) is 0 Å². The molecular formula is C11H12N2O4. The average Bonchev–Trinajstić information content (AvgIpc) is 2.71. The van der Waals surface area contributed by atoms with E-state index < -0.39 is 12.1 Å². The number of carbonyl (C=O) groups is 1. The van der Waals surface area contributed by atoms with Crippen LogP contribution >= 0.6 is 0 Å². The number of hydrogen-bond acceptors (Lipinski definition) is 6. The Morgan fingerprint density at radius 1 is 1.53 bits per heavy atom. The molecule has 1 aromatic carbocycles. The van der Waals surface area contributed by atoms with Gasteiger partial charge in [0.15, 0.2) is 11.7 Å². The highest BCUT2D eigenvalue weighted by Crippen LogP contribution is 2.27. The molecule has 1 heterocycles. The number of benzene rings is 1. The van der Waals surface area contributed by atoms with Gasteiger partial charge in [0, 0.05) is 5.69 Å². The average molecular weight is 236 g/mol. The minimum Gasteiger partial charge on any atom is -0.466 e. The normalized spacial score (nSPS) is 12.4. The van der Waals surface area contributed by atoms with Gasteiger partial charge in [-0.05, 0) is 30.3 Å². The highest BCUT2D eigenvalue weighted by Gasteiger charge is 2.19. The molecule has 0 fully saturated rings. The van der Waals surface area contributed by atoms with Crippen molar-refractivity contribution in [2.24, 2.45) is 0 Å². The molecule has 0 radical (unpaired) electrons. The Bertz CT molecular complexity index is 549. The second-order valence-electron chi connectivity index (χ2n) is 3.53. The second-order valence-corrected chi connectivity index (χ2v) is 3.53. The van der Waals surface area contributed by atoms with Gasteiger partial charge in [-0.15, -0.1) is 0 Å². The minimum absolute atomic E-state index is 0.227. The van der Waals surface area contributed by atoms with E-state index in [2.05, 4.69) is 9.89 Å². The fraction of sp³-hybridized carbons (Fsp3) is 0.273. The third-order valence-corrected chi connectivity index (χ3v) is 2.28. The summed E-state index contributed by atoms with van der Waals surface area (Å²) in [5.41, 5.74) is 6.77. The molecule has 0 saturated heterocycles. The van der Waals surface area contributed by atoms with Crippen LogP contribution in [0.2, 0.25) is 0 Å². The Labute approximate surface area is 97.3 Å². The first kappa shape index (κ1) is 11.3. The minimum atomic E-state index is -0.755. The molecular weight excluding hydrogens is 224 g/mol. The van der Waals surface area contributed by atoms with E-state index in [0.29, 0.717) is 16.7 Å². The number of rotatable bonds is 3. The van der Waals surface area contributed by atoms with Crippen LogP contribution in [-0.4, -0.2) is 24.3 Å². The number of ether oxygens (including phenoxy) is 2. The summed E-state index contributed by atoms with van der Waals surface area (Å²) in [5.74, 6) is -0.254. The summed E-state index contributed by atoms with van der Waals surface area (Å²) in [7, 11) is 1.29. The number of nitrogens with zero attached hydrogens (tertiary/aromatic N) is 1. The lowest BCUT2D eigenvalue weighted by molar-refractivity contribution is -0.148. The number of anilines is 1. The van der Waals surface area contributed by atoms with E-state index in [0.717, 1.165) is 0 Å². The van der Waals surface area contributed by atoms with Crippen LogP contribution in [-0.2, 0) is 9.53 Å². The molecule has 6 nitrogen and oxygen atoms in total. The van der Waals surface area contributed by atoms with Gasteiger partial charge in [-0.1, -0.05) is 0 Å². The highest BCUT2D eigenvalue weighted by atomic mass is 16.6. The third kappa shape index (κ3) is 2.15. The van der Waals surface area contributed by atoms with Gasteiger partial charge >= 0.3 is 5.97 Å². The van der Waals surface area contributed by atoms with E-state index in [1.54, 1.807) is 25.1 Å². The summed E-state index contributed by atoms with van der Waals surface area (Å²) in [6.07, 6.45) is -0.755. The van der Waals surface area contributed by atoms with Gasteiger partial charge < -0.3 is 19.7 Å². The Morgan fingerprint density at radius 3 is 3.00 bits per heavy atom. The van der Waals surface area contributed by atoms with Crippen LogP contribution in [0.25, 0.3) is 11.0 Å². The Morgan fingerprint density at radius 2 is 2.29 bits per heavy atom. The van der Waals surface area contributed by atoms with E-state index >= 15 is 0 Å². The molecule has 17 heavy (non-hydrogen) atoms. The van der Waals surface area contributed by atoms with Gasteiger partial charge in [-0.25, -0.2) is 4.79 Å². The molecule has 1 atom stereocenters. The van der Waals surface area contributed by atoms with Crippen molar-refractivity contribution in [3.8, 4) is 5.88 Å². The van der Waals surface area contributed by atoms with Gasteiger partial charge in [0.05, 0.1) is 12.5 Å². The number of methoxy groups -OCH3 is 1. The highest BCUT2D eigenvalue weighted by molar-refractivity contribution is 5.85. The monoisotopic (exact) mass is 236 g/mol. The van der Waals surface area contributed by atoms with Crippen molar-refractivity contribution in [3.63, 3.8) is 0 Å². The van der Waals surface area contributed by atoms with Gasteiger partial charge in [0.25, 0.3) is 5.88 Å². The van der Waals surface area contributed by atoms with Crippen molar-refractivity contribution in [1.82, 2.24) is 5.16 Å². The van der Waals surface area contributed by atoms with Crippen LogP contribution < -0.4 is 10.5 Å². The molecule has 0 aliphatic carbocycles. The summed E-state index contributed by atoms with van der Waals surface area (Å²) in [4.78, 5) is 11.2. The van der Waals surface area contributed by atoms with Gasteiger partial charge in [0.1, 0.15) is 0 Å². The van der Waals surface area contributed by atoms with E-state index in [-0.39, 0.29) is 5.88 Å². The van der Waals surface area contributed by atoms with E-state index in [1.807, 2.05) is 0 Å². The SMILES string of the molecule is COC(=O)C(C)Oc1noc2ccc(N)cc12. The van der Waals surface area contributed by atoms with Crippen molar-refractivity contribution in [3.05, 3.63) is 18.2 Å². The van der Waals surface area contributed by atoms with Crippen molar-refractivity contribution in [1.29, 1.82) is 0 Å². The van der Waals surface area contributed by atoms with Crippen molar-refractivity contribution in [2.45, 2.75) is 13.0 Å². The van der Waals surface area contributed by atoms with E-state index in [1.165, 1.54) is 7.11 Å². The van der Waals surface area contributed by atoms with E-state index in [9.17, 15) is 4.79 Å². The third-order valence-electron chi connectivity index (χ3n) is 2.28. The van der Waals surface area contributed by atoms with Crippen LogP contribution in [0.3, 0.4) is 0 Å². The van der Waals surface area contributed by atoms with E-state index in [4.69, 9.17) is 15.0 Å². The lowest BCUT2D eigenvalue weighted by Crippen LogP contribution is -2.25. The zero-order chi connectivity index (χ0) is 12.4. The molecule has 2 N–H and O–H groups in total. The standard InChI is InChI=1S/C11H12N2O4/c1-6(11(14)15-2)16-10-8-5-7(12)3-4-9(8)17-13-10/h3-6H,12H2,1-2H3. The summed E-state index contributed by atoms with van der Waals surface area (Å²) < 4.78 is 14.9. The van der Waals surface area contributed by atoms with Crippen LogP contribution in [0.5, 0.6) is 5.88 Å². The predicted octanol–water partition coefficient (Wildman–Crippen LogP) is 1.35. The zero-order valence-corrected chi connectivity index (χ0v) is 9.47. The maximum absolute atomic E-state index is 11.2. The first-order valence-electron chi connectivity index (χ1n) is 5.01. The number of aromatic nitrogens is 1. The molecule has 0 aliphatic heterocycles. The Balaban J connectivity index is 2.30. The summed E-state index contributed by atoms with van der Waals surface area (Å²) >= 11 is 0. The van der Waals surface area contributed by atoms with Crippen LogP contribution in [0.15, 0.2) is 22.7 Å². The maximum atomic E-state index is 11.2. The summed E-state index contributed by atoms with van der Waals surface area (Å²) in [6, 6.07) is 5.06. The number of hydrogen-bond donors (Lipinski definition) is 1. The molecule has 1 aromatic heterocycles. The molecule has 90 valence electrons. The van der Waals surface area contributed by atoms with Gasteiger partial charge in [-0.3, -0.25) is 0 Å². The lowest BCUT2D eigenvalue weighted by atomic mass is 10.2. The van der Waals surface area contributed by atoms with Crippen LogP contribution in [0.4, 0.5) is 5.69 Å². The Kier molecular flexibility index (Phi) is 2.86.